The molecule has 0 bridgehead atoms. The molecule has 0 saturated carbocycles. The van der Waals surface area contributed by atoms with E-state index in [2.05, 4.69) is 28.7 Å². The fraction of sp³-hybridized carbons (Fsp3) is 0.750. The summed E-state index contributed by atoms with van der Waals surface area (Å²) in [6.07, 6.45) is 6.67. The van der Waals surface area contributed by atoms with E-state index < -0.39 is 0 Å². The Bertz CT molecular complexity index is 298. The van der Waals surface area contributed by atoms with Crippen molar-refractivity contribution in [3.8, 4) is 0 Å². The summed E-state index contributed by atoms with van der Waals surface area (Å²) in [6, 6.07) is 0.711. The third-order valence-electron chi connectivity index (χ3n) is 2.86. The fourth-order valence-electron chi connectivity index (χ4n) is 1.91. The maximum absolute atomic E-state index is 8.79. The average Bonchev–Trinajstić information content (AvgIpc) is 2.69. The number of hydrogen-bond donors (Lipinski definition) is 2. The van der Waals surface area contributed by atoms with E-state index in [-0.39, 0.29) is 6.61 Å². The molecule has 1 aromatic heterocycles. The van der Waals surface area contributed by atoms with Gasteiger partial charge in [0.1, 0.15) is 5.82 Å². The van der Waals surface area contributed by atoms with Gasteiger partial charge < -0.3 is 15.0 Å². The van der Waals surface area contributed by atoms with Crippen LogP contribution in [0.1, 0.15) is 45.0 Å². The summed E-state index contributed by atoms with van der Waals surface area (Å²) >= 11 is 0. The molecule has 0 aromatic carbocycles. The Morgan fingerprint density at radius 1 is 1.56 bits per heavy atom. The van der Waals surface area contributed by atoms with E-state index in [1.165, 1.54) is 0 Å². The van der Waals surface area contributed by atoms with Crippen LogP contribution in [0.25, 0.3) is 0 Å². The standard InChI is InChI=1S/C12H23N3O/c1-4-11(12-13-7-8-15(12)3)14-10(2)6-5-9-16/h7-8,10-11,14,16H,4-6,9H2,1-3H3. The van der Waals surface area contributed by atoms with Crippen LogP contribution in [-0.2, 0) is 7.05 Å². The monoisotopic (exact) mass is 225 g/mol. The normalized spacial score (nSPS) is 15.0. The van der Waals surface area contributed by atoms with Gasteiger partial charge in [-0.05, 0) is 26.2 Å². The molecule has 4 nitrogen and oxygen atoms in total. The zero-order chi connectivity index (χ0) is 12.0. The summed E-state index contributed by atoms with van der Waals surface area (Å²) < 4.78 is 2.06. The van der Waals surface area contributed by atoms with Gasteiger partial charge in [-0.2, -0.15) is 0 Å². The first-order valence-corrected chi connectivity index (χ1v) is 6.03. The minimum absolute atomic E-state index is 0.269. The third-order valence-corrected chi connectivity index (χ3v) is 2.86. The number of aromatic nitrogens is 2. The Morgan fingerprint density at radius 3 is 2.81 bits per heavy atom. The fourth-order valence-corrected chi connectivity index (χ4v) is 1.91. The number of rotatable bonds is 7. The second kappa shape index (κ2) is 6.66. The number of nitrogens with one attached hydrogen (secondary N) is 1. The van der Waals surface area contributed by atoms with Crippen LogP contribution in [0.4, 0.5) is 0 Å². The molecule has 0 amide bonds. The van der Waals surface area contributed by atoms with E-state index >= 15 is 0 Å². The highest BCUT2D eigenvalue weighted by Crippen LogP contribution is 2.15. The molecule has 92 valence electrons. The zero-order valence-corrected chi connectivity index (χ0v) is 10.5. The first-order chi connectivity index (χ1) is 7.69. The molecule has 1 aromatic rings. The molecule has 0 spiro atoms. The Kier molecular flexibility index (Phi) is 5.49. The summed E-state index contributed by atoms with van der Waals surface area (Å²) in [4.78, 5) is 4.37. The van der Waals surface area contributed by atoms with Crippen LogP contribution in [0.15, 0.2) is 12.4 Å². The van der Waals surface area contributed by atoms with Crippen molar-refractivity contribution in [3.63, 3.8) is 0 Å². The molecule has 1 heterocycles. The van der Waals surface area contributed by atoms with Gasteiger partial charge in [0.2, 0.25) is 0 Å². The molecule has 0 aliphatic carbocycles. The Labute approximate surface area is 97.7 Å². The molecule has 2 atom stereocenters. The van der Waals surface area contributed by atoms with E-state index in [4.69, 9.17) is 5.11 Å². The minimum atomic E-state index is 0.269. The van der Waals surface area contributed by atoms with Gasteiger partial charge in [-0.15, -0.1) is 0 Å². The van der Waals surface area contributed by atoms with E-state index in [1.807, 2.05) is 19.4 Å². The highest BCUT2D eigenvalue weighted by molar-refractivity contribution is 4.98. The molecule has 0 saturated heterocycles. The van der Waals surface area contributed by atoms with Gasteiger partial charge in [0.25, 0.3) is 0 Å². The van der Waals surface area contributed by atoms with Crippen molar-refractivity contribution in [1.82, 2.24) is 14.9 Å². The topological polar surface area (TPSA) is 50.1 Å². The van der Waals surface area contributed by atoms with Crippen molar-refractivity contribution in [1.29, 1.82) is 0 Å². The smallest absolute Gasteiger partial charge is 0.125 e. The maximum atomic E-state index is 8.79. The van der Waals surface area contributed by atoms with Crippen molar-refractivity contribution in [2.75, 3.05) is 6.61 Å². The lowest BCUT2D eigenvalue weighted by Gasteiger charge is -2.21. The van der Waals surface area contributed by atoms with Crippen molar-refractivity contribution < 1.29 is 5.11 Å². The van der Waals surface area contributed by atoms with Crippen LogP contribution in [0, 0.1) is 0 Å². The van der Waals surface area contributed by atoms with Crippen LogP contribution >= 0.6 is 0 Å². The number of hydrogen-bond acceptors (Lipinski definition) is 3. The van der Waals surface area contributed by atoms with Gasteiger partial charge in [-0.25, -0.2) is 4.98 Å². The van der Waals surface area contributed by atoms with Crippen molar-refractivity contribution >= 4 is 0 Å². The van der Waals surface area contributed by atoms with Crippen LogP contribution in [-0.4, -0.2) is 27.3 Å². The molecule has 0 radical (unpaired) electrons. The molecule has 0 fully saturated rings. The first kappa shape index (κ1) is 13.2. The lowest BCUT2D eigenvalue weighted by molar-refractivity contribution is 0.272. The maximum Gasteiger partial charge on any atom is 0.125 e. The van der Waals surface area contributed by atoms with Gasteiger partial charge in [0.15, 0.2) is 0 Å². The quantitative estimate of drug-likeness (QED) is 0.741. The van der Waals surface area contributed by atoms with Crippen LogP contribution < -0.4 is 5.32 Å². The molecular weight excluding hydrogens is 202 g/mol. The van der Waals surface area contributed by atoms with Crippen molar-refractivity contribution in [3.05, 3.63) is 18.2 Å². The van der Waals surface area contributed by atoms with Gasteiger partial charge in [0.05, 0.1) is 6.04 Å². The molecule has 1 rings (SSSR count). The summed E-state index contributed by atoms with van der Waals surface area (Å²) in [5.41, 5.74) is 0. The SMILES string of the molecule is CCC(NC(C)CCCO)c1nccn1C. The van der Waals surface area contributed by atoms with E-state index in [0.717, 1.165) is 25.1 Å². The van der Waals surface area contributed by atoms with Crippen molar-refractivity contribution in [2.24, 2.45) is 7.05 Å². The highest BCUT2D eigenvalue weighted by atomic mass is 16.2. The largest absolute Gasteiger partial charge is 0.396 e. The lowest BCUT2D eigenvalue weighted by atomic mass is 10.1. The number of nitrogens with zero attached hydrogens (tertiary/aromatic N) is 2. The number of aliphatic hydroxyl groups is 1. The highest BCUT2D eigenvalue weighted by Gasteiger charge is 2.15. The summed E-state index contributed by atoms with van der Waals surface area (Å²) in [5.74, 6) is 1.08. The van der Waals surface area contributed by atoms with Crippen LogP contribution in [0.5, 0.6) is 0 Å². The summed E-state index contributed by atoms with van der Waals surface area (Å²) in [6.45, 7) is 4.58. The predicted octanol–water partition coefficient (Wildman–Crippen LogP) is 1.62. The summed E-state index contributed by atoms with van der Waals surface area (Å²) in [7, 11) is 2.02. The van der Waals surface area contributed by atoms with E-state index in [9.17, 15) is 0 Å². The molecule has 4 heteroatoms. The Morgan fingerprint density at radius 2 is 2.31 bits per heavy atom. The molecule has 2 N–H and O–H groups in total. The lowest BCUT2D eigenvalue weighted by Crippen LogP contribution is -2.31. The molecule has 0 aliphatic heterocycles. The summed E-state index contributed by atoms with van der Waals surface area (Å²) in [5, 5.41) is 12.3. The van der Waals surface area contributed by atoms with Gasteiger partial charge in [0, 0.05) is 32.1 Å². The molecule has 0 aliphatic rings. The number of imidazole rings is 1. The van der Waals surface area contributed by atoms with Crippen LogP contribution in [0.2, 0.25) is 0 Å². The van der Waals surface area contributed by atoms with Gasteiger partial charge in [-0.1, -0.05) is 6.92 Å². The third kappa shape index (κ3) is 3.61. The average molecular weight is 225 g/mol. The molecular formula is C12H23N3O. The van der Waals surface area contributed by atoms with Crippen molar-refractivity contribution in [2.45, 2.75) is 45.2 Å². The molecule has 2 unspecified atom stereocenters. The number of aryl methyl sites for hydroxylation is 1. The van der Waals surface area contributed by atoms with Gasteiger partial charge in [-0.3, -0.25) is 0 Å². The molecule has 16 heavy (non-hydrogen) atoms. The second-order valence-corrected chi connectivity index (χ2v) is 4.29. The predicted molar refractivity (Wildman–Crippen MR) is 65.2 cm³/mol. The zero-order valence-electron chi connectivity index (χ0n) is 10.5. The van der Waals surface area contributed by atoms with Gasteiger partial charge >= 0.3 is 0 Å². The van der Waals surface area contributed by atoms with E-state index in [1.54, 1.807) is 0 Å². The Balaban J connectivity index is 2.52. The van der Waals surface area contributed by atoms with E-state index in [0.29, 0.717) is 12.1 Å². The second-order valence-electron chi connectivity index (χ2n) is 4.29. The van der Waals surface area contributed by atoms with Crippen LogP contribution in [0.3, 0.4) is 0 Å². The Hall–Kier alpha value is -0.870. The number of aliphatic hydroxyl groups excluding tert-OH is 1. The first-order valence-electron chi connectivity index (χ1n) is 6.03. The minimum Gasteiger partial charge on any atom is -0.396 e.